The first-order valence-electron chi connectivity index (χ1n) is 11.3. The molecule has 164 valence electrons. The first kappa shape index (κ1) is 20.9. The van der Waals surface area contributed by atoms with Gasteiger partial charge in [-0.3, -0.25) is 4.79 Å². The highest BCUT2D eigenvalue weighted by Gasteiger charge is 2.41. The summed E-state index contributed by atoms with van der Waals surface area (Å²) in [6, 6.07) is 4.17. The number of halogens is 1. The Hall–Kier alpha value is -0.960. The van der Waals surface area contributed by atoms with Crippen LogP contribution in [0.25, 0.3) is 0 Å². The van der Waals surface area contributed by atoms with Crippen LogP contribution in [-0.2, 0) is 21.2 Å². The van der Waals surface area contributed by atoms with Crippen molar-refractivity contribution >= 4 is 37.5 Å². The maximum absolute atomic E-state index is 13.7. The van der Waals surface area contributed by atoms with E-state index in [4.69, 9.17) is 0 Å². The lowest BCUT2D eigenvalue weighted by molar-refractivity contribution is -0.119. The van der Waals surface area contributed by atoms with Gasteiger partial charge in [0.05, 0.1) is 5.69 Å². The number of rotatable bonds is 4. The van der Waals surface area contributed by atoms with Gasteiger partial charge < -0.3 is 9.80 Å². The molecule has 4 aliphatic rings. The summed E-state index contributed by atoms with van der Waals surface area (Å²) in [5.74, 6) is 0.173. The minimum Gasteiger partial charge on any atom is -0.310 e. The number of anilines is 1. The number of hydrogen-bond donors (Lipinski definition) is 0. The minimum absolute atomic E-state index is 0.0791. The van der Waals surface area contributed by atoms with E-state index in [0.717, 1.165) is 48.8 Å². The number of carbonyl (C=O) groups is 1. The Morgan fingerprint density at radius 3 is 2.30 bits per heavy atom. The molecule has 3 fully saturated rings. The van der Waals surface area contributed by atoms with Crippen molar-refractivity contribution in [2.75, 3.05) is 37.6 Å². The van der Waals surface area contributed by atoms with Crippen molar-refractivity contribution in [3.8, 4) is 0 Å². The largest absolute Gasteiger partial charge is 0.310 e. The van der Waals surface area contributed by atoms with Gasteiger partial charge in [0.15, 0.2) is 0 Å². The fourth-order valence-corrected chi connectivity index (χ4v) is 7.70. The number of nitrogens with zero attached hydrogens (tertiary/aromatic N) is 3. The number of sulfonamides is 1. The molecule has 0 aromatic heterocycles. The lowest BCUT2D eigenvalue weighted by atomic mass is 10.0. The van der Waals surface area contributed by atoms with E-state index < -0.39 is 10.0 Å². The molecule has 6 nitrogen and oxygen atoms in total. The number of likely N-dealkylation sites (tertiary alicyclic amines) is 1. The SMILES string of the molecule is O=C(C1CC1)N1CCc2cc(Br)cc(S(=O)(=O)N3CCC(N4CCCCC4)CC3)c21. The Morgan fingerprint density at radius 1 is 0.933 bits per heavy atom. The number of piperidine rings is 2. The maximum Gasteiger partial charge on any atom is 0.245 e. The van der Waals surface area contributed by atoms with Crippen LogP contribution in [0, 0.1) is 5.92 Å². The van der Waals surface area contributed by atoms with Crippen molar-refractivity contribution in [2.45, 2.75) is 62.3 Å². The molecule has 8 heteroatoms. The van der Waals surface area contributed by atoms with E-state index in [1.807, 2.05) is 6.07 Å². The summed E-state index contributed by atoms with van der Waals surface area (Å²) in [7, 11) is -3.64. The van der Waals surface area contributed by atoms with E-state index in [1.54, 1.807) is 15.3 Å². The van der Waals surface area contributed by atoms with Crippen molar-refractivity contribution in [3.05, 3.63) is 22.2 Å². The zero-order valence-electron chi connectivity index (χ0n) is 17.4. The van der Waals surface area contributed by atoms with Crippen LogP contribution < -0.4 is 4.90 Å². The molecule has 0 bridgehead atoms. The first-order valence-corrected chi connectivity index (χ1v) is 13.6. The molecular formula is C22H30BrN3O3S. The molecule has 1 aromatic rings. The maximum atomic E-state index is 13.7. The summed E-state index contributed by atoms with van der Waals surface area (Å²) in [4.78, 5) is 17.4. The molecule has 0 spiro atoms. The van der Waals surface area contributed by atoms with Crippen molar-refractivity contribution in [1.29, 1.82) is 0 Å². The highest BCUT2D eigenvalue weighted by Crippen LogP contribution is 2.42. The van der Waals surface area contributed by atoms with Crippen LogP contribution in [-0.4, -0.2) is 62.3 Å². The predicted molar refractivity (Wildman–Crippen MR) is 120 cm³/mol. The number of hydrogen-bond acceptors (Lipinski definition) is 4. The third kappa shape index (κ3) is 3.85. The molecule has 3 aliphatic heterocycles. The van der Waals surface area contributed by atoms with Crippen LogP contribution in [0.5, 0.6) is 0 Å². The molecule has 0 unspecified atom stereocenters. The normalized spacial score (nSPS) is 24.2. The molecule has 0 atom stereocenters. The van der Waals surface area contributed by atoms with Crippen LogP contribution in [0.2, 0.25) is 0 Å². The zero-order valence-corrected chi connectivity index (χ0v) is 19.8. The Balaban J connectivity index is 1.39. The molecule has 1 aliphatic carbocycles. The van der Waals surface area contributed by atoms with Crippen LogP contribution in [0.3, 0.4) is 0 Å². The topological polar surface area (TPSA) is 60.9 Å². The van der Waals surface area contributed by atoms with Crippen molar-refractivity contribution in [1.82, 2.24) is 9.21 Å². The predicted octanol–water partition coefficient (Wildman–Crippen LogP) is 3.39. The average molecular weight is 496 g/mol. The number of benzene rings is 1. The third-order valence-electron chi connectivity index (χ3n) is 7.13. The van der Waals surface area contributed by atoms with Crippen molar-refractivity contribution in [2.24, 2.45) is 5.92 Å². The molecule has 0 radical (unpaired) electrons. The van der Waals surface area contributed by atoms with Crippen LogP contribution in [0.4, 0.5) is 5.69 Å². The summed E-state index contributed by atoms with van der Waals surface area (Å²) in [5.41, 5.74) is 1.59. The van der Waals surface area contributed by atoms with Gasteiger partial charge in [-0.1, -0.05) is 22.4 Å². The number of amides is 1. The molecule has 1 amide bonds. The molecule has 30 heavy (non-hydrogen) atoms. The summed E-state index contributed by atoms with van der Waals surface area (Å²) in [6.45, 7) is 3.99. The Morgan fingerprint density at radius 2 is 1.63 bits per heavy atom. The third-order valence-corrected chi connectivity index (χ3v) is 9.50. The molecule has 0 N–H and O–H groups in total. The van der Waals surface area contributed by atoms with E-state index in [-0.39, 0.29) is 11.8 Å². The monoisotopic (exact) mass is 495 g/mol. The second-order valence-corrected chi connectivity index (χ2v) is 12.0. The zero-order chi connectivity index (χ0) is 20.9. The van der Waals surface area contributed by atoms with Gasteiger partial charge in [0.2, 0.25) is 15.9 Å². The fourth-order valence-electron chi connectivity index (χ4n) is 5.31. The van der Waals surface area contributed by atoms with E-state index in [2.05, 4.69) is 20.8 Å². The Bertz CT molecular complexity index is 933. The quantitative estimate of drug-likeness (QED) is 0.642. The molecule has 1 aromatic carbocycles. The van der Waals surface area contributed by atoms with Gasteiger partial charge in [-0.15, -0.1) is 0 Å². The smallest absolute Gasteiger partial charge is 0.245 e. The highest BCUT2D eigenvalue weighted by atomic mass is 79.9. The summed E-state index contributed by atoms with van der Waals surface area (Å²) < 4.78 is 29.8. The Kier molecular flexibility index (Phi) is 5.71. The van der Waals surface area contributed by atoms with Crippen LogP contribution >= 0.6 is 15.9 Å². The van der Waals surface area contributed by atoms with Crippen LogP contribution in [0.15, 0.2) is 21.5 Å². The van der Waals surface area contributed by atoms with Gasteiger partial charge in [-0.25, -0.2) is 8.42 Å². The Labute approximate surface area is 187 Å². The molecule has 3 heterocycles. The van der Waals surface area contributed by atoms with Crippen molar-refractivity contribution in [3.63, 3.8) is 0 Å². The number of carbonyl (C=O) groups excluding carboxylic acids is 1. The molecule has 2 saturated heterocycles. The second-order valence-electron chi connectivity index (χ2n) is 9.16. The highest BCUT2D eigenvalue weighted by molar-refractivity contribution is 9.10. The number of fused-ring (bicyclic) bond motifs is 1. The van der Waals surface area contributed by atoms with E-state index in [1.165, 1.54) is 19.3 Å². The summed E-state index contributed by atoms with van der Waals surface area (Å²) in [6.07, 6.45) is 8.17. The van der Waals surface area contributed by atoms with Crippen LogP contribution in [0.1, 0.15) is 50.5 Å². The second kappa shape index (κ2) is 8.19. The van der Waals surface area contributed by atoms with E-state index in [9.17, 15) is 13.2 Å². The first-order chi connectivity index (χ1) is 14.4. The molecule has 1 saturated carbocycles. The molecular weight excluding hydrogens is 466 g/mol. The van der Waals surface area contributed by atoms with Gasteiger partial charge in [-0.2, -0.15) is 4.31 Å². The lowest BCUT2D eigenvalue weighted by Crippen LogP contribution is -2.48. The van der Waals surface area contributed by atoms with Gasteiger partial charge in [-0.05, 0) is 75.7 Å². The van der Waals surface area contributed by atoms with Gasteiger partial charge in [0, 0.05) is 36.1 Å². The van der Waals surface area contributed by atoms with Crippen molar-refractivity contribution < 1.29 is 13.2 Å². The van der Waals surface area contributed by atoms with E-state index >= 15 is 0 Å². The lowest BCUT2D eigenvalue weighted by Gasteiger charge is -2.40. The van der Waals surface area contributed by atoms with Gasteiger partial charge >= 0.3 is 0 Å². The van der Waals surface area contributed by atoms with Gasteiger partial charge in [0.1, 0.15) is 4.90 Å². The average Bonchev–Trinajstić information content (AvgIpc) is 3.53. The van der Waals surface area contributed by atoms with Gasteiger partial charge in [0.25, 0.3) is 0 Å². The minimum atomic E-state index is -3.64. The standard InChI is InChI=1S/C22H30BrN3O3S/c23-18-14-17-6-13-26(22(27)16-4-5-16)21(17)20(15-18)30(28,29)25-11-7-19(8-12-25)24-9-2-1-3-10-24/h14-16,19H,1-13H2. The summed E-state index contributed by atoms with van der Waals surface area (Å²) in [5, 5.41) is 0. The molecule has 5 rings (SSSR count). The van der Waals surface area contributed by atoms with E-state index in [0.29, 0.717) is 42.7 Å². The fraction of sp³-hybridized carbons (Fsp3) is 0.682. The summed E-state index contributed by atoms with van der Waals surface area (Å²) >= 11 is 3.50.